The summed E-state index contributed by atoms with van der Waals surface area (Å²) in [6, 6.07) is 9.62. The van der Waals surface area contributed by atoms with E-state index in [0.717, 1.165) is 17.4 Å². The summed E-state index contributed by atoms with van der Waals surface area (Å²) >= 11 is 3.27. The molecule has 2 aromatic carbocycles. The summed E-state index contributed by atoms with van der Waals surface area (Å²) in [5.41, 5.74) is 1.01. The Morgan fingerprint density at radius 1 is 1.17 bits per heavy atom. The highest BCUT2D eigenvalue weighted by Gasteiger charge is 2.14. The lowest BCUT2D eigenvalue weighted by Gasteiger charge is -2.17. The minimum Gasteiger partial charge on any atom is -0.497 e. The van der Waals surface area contributed by atoms with Crippen LogP contribution in [0.1, 0.15) is 18.5 Å². The number of methoxy groups -OCH3 is 1. The van der Waals surface area contributed by atoms with Gasteiger partial charge in [0.2, 0.25) is 0 Å². The standard InChI is InChI=1S/C18H15BrF2N2O/c1-10(11-3-5-13(24-2)6-4-11)23-18-14-7-12(20)8-16(21)17(14)15(19)9-22-18/h3-10H,1-2H3,(H,22,23). The predicted molar refractivity (Wildman–Crippen MR) is 94.4 cm³/mol. The first-order chi connectivity index (χ1) is 11.5. The topological polar surface area (TPSA) is 34.1 Å². The van der Waals surface area contributed by atoms with E-state index >= 15 is 0 Å². The highest BCUT2D eigenvalue weighted by Crippen LogP contribution is 2.33. The van der Waals surface area contributed by atoms with Crippen molar-refractivity contribution in [2.75, 3.05) is 12.4 Å². The van der Waals surface area contributed by atoms with Gasteiger partial charge >= 0.3 is 0 Å². The lowest BCUT2D eigenvalue weighted by molar-refractivity contribution is 0.414. The Labute approximate surface area is 146 Å². The fraction of sp³-hybridized carbons (Fsp3) is 0.167. The maximum atomic E-state index is 14.1. The van der Waals surface area contributed by atoms with E-state index in [4.69, 9.17) is 4.74 Å². The molecule has 1 atom stereocenters. The molecule has 0 saturated heterocycles. The molecular formula is C18H15BrF2N2O. The van der Waals surface area contributed by atoms with Gasteiger partial charge in [0.15, 0.2) is 0 Å². The van der Waals surface area contributed by atoms with E-state index in [9.17, 15) is 8.78 Å². The number of nitrogens with zero attached hydrogens (tertiary/aromatic N) is 1. The Balaban J connectivity index is 1.98. The van der Waals surface area contributed by atoms with Crippen LogP contribution in [0.4, 0.5) is 14.6 Å². The number of hydrogen-bond donors (Lipinski definition) is 1. The van der Waals surface area contributed by atoms with E-state index in [1.54, 1.807) is 7.11 Å². The molecular weight excluding hydrogens is 378 g/mol. The van der Waals surface area contributed by atoms with Gasteiger partial charge in [-0.25, -0.2) is 13.8 Å². The molecule has 0 aliphatic carbocycles. The number of fused-ring (bicyclic) bond motifs is 1. The third-order valence-electron chi connectivity index (χ3n) is 3.82. The highest BCUT2D eigenvalue weighted by molar-refractivity contribution is 9.10. The number of ether oxygens (including phenoxy) is 1. The zero-order valence-corrected chi connectivity index (χ0v) is 14.7. The van der Waals surface area contributed by atoms with E-state index in [-0.39, 0.29) is 6.04 Å². The van der Waals surface area contributed by atoms with Crippen LogP contribution >= 0.6 is 15.9 Å². The first-order valence-corrected chi connectivity index (χ1v) is 8.12. The van der Waals surface area contributed by atoms with Crippen LogP contribution in [0.3, 0.4) is 0 Å². The lowest BCUT2D eigenvalue weighted by Crippen LogP contribution is -2.08. The van der Waals surface area contributed by atoms with Crippen molar-refractivity contribution >= 4 is 32.5 Å². The number of benzene rings is 2. The zero-order valence-electron chi connectivity index (χ0n) is 13.1. The Morgan fingerprint density at radius 3 is 2.54 bits per heavy atom. The fourth-order valence-corrected chi connectivity index (χ4v) is 3.06. The third-order valence-corrected chi connectivity index (χ3v) is 4.43. The number of rotatable bonds is 4. The average Bonchev–Trinajstić information content (AvgIpc) is 2.57. The molecule has 124 valence electrons. The normalized spacial score (nSPS) is 12.2. The SMILES string of the molecule is COc1ccc(C(C)Nc2ncc(Br)c3c(F)cc(F)cc23)cc1. The van der Waals surface area contributed by atoms with E-state index < -0.39 is 11.6 Å². The number of hydrogen-bond acceptors (Lipinski definition) is 3. The second kappa shape index (κ2) is 6.73. The van der Waals surface area contributed by atoms with Gasteiger partial charge in [-0.05, 0) is 46.6 Å². The van der Waals surface area contributed by atoms with Gasteiger partial charge in [0.1, 0.15) is 23.2 Å². The van der Waals surface area contributed by atoms with Crippen molar-refractivity contribution in [1.82, 2.24) is 4.98 Å². The zero-order chi connectivity index (χ0) is 17.3. The smallest absolute Gasteiger partial charge is 0.135 e. The molecule has 1 unspecified atom stereocenters. The highest BCUT2D eigenvalue weighted by atomic mass is 79.9. The number of aromatic nitrogens is 1. The van der Waals surface area contributed by atoms with Crippen molar-refractivity contribution in [2.24, 2.45) is 0 Å². The summed E-state index contributed by atoms with van der Waals surface area (Å²) in [5.74, 6) is -0.0725. The van der Waals surface area contributed by atoms with Crippen LogP contribution in [0.2, 0.25) is 0 Å². The number of nitrogens with one attached hydrogen (secondary N) is 1. The van der Waals surface area contributed by atoms with Crippen molar-refractivity contribution in [3.8, 4) is 5.75 Å². The lowest BCUT2D eigenvalue weighted by atomic mass is 10.1. The first-order valence-electron chi connectivity index (χ1n) is 7.33. The molecule has 0 radical (unpaired) electrons. The van der Waals surface area contributed by atoms with Gasteiger partial charge in [-0.1, -0.05) is 12.1 Å². The van der Waals surface area contributed by atoms with Crippen LogP contribution in [0.15, 0.2) is 47.1 Å². The van der Waals surface area contributed by atoms with Crippen LogP contribution in [0, 0.1) is 11.6 Å². The molecule has 0 fully saturated rings. The summed E-state index contributed by atoms with van der Waals surface area (Å²) in [4.78, 5) is 4.27. The van der Waals surface area contributed by atoms with Crippen LogP contribution in [0.5, 0.6) is 5.75 Å². The van der Waals surface area contributed by atoms with Gasteiger partial charge in [-0.3, -0.25) is 0 Å². The summed E-state index contributed by atoms with van der Waals surface area (Å²) < 4.78 is 33.3. The van der Waals surface area contributed by atoms with Crippen molar-refractivity contribution in [3.05, 3.63) is 64.3 Å². The van der Waals surface area contributed by atoms with Crippen LogP contribution < -0.4 is 10.1 Å². The van der Waals surface area contributed by atoms with Crippen molar-refractivity contribution in [2.45, 2.75) is 13.0 Å². The van der Waals surface area contributed by atoms with Crippen molar-refractivity contribution in [3.63, 3.8) is 0 Å². The second-order valence-corrected chi connectivity index (χ2v) is 6.26. The summed E-state index contributed by atoms with van der Waals surface area (Å²) in [6.07, 6.45) is 1.51. The Kier molecular flexibility index (Phi) is 4.66. The molecule has 3 nitrogen and oxygen atoms in total. The van der Waals surface area contributed by atoms with E-state index in [1.165, 1.54) is 12.3 Å². The van der Waals surface area contributed by atoms with Gasteiger partial charge in [0.25, 0.3) is 0 Å². The van der Waals surface area contributed by atoms with Crippen molar-refractivity contribution < 1.29 is 13.5 Å². The van der Waals surface area contributed by atoms with Gasteiger partial charge < -0.3 is 10.1 Å². The quantitative estimate of drug-likeness (QED) is 0.640. The Morgan fingerprint density at radius 2 is 1.88 bits per heavy atom. The monoisotopic (exact) mass is 392 g/mol. The van der Waals surface area contributed by atoms with E-state index in [0.29, 0.717) is 21.1 Å². The molecule has 3 rings (SSSR count). The van der Waals surface area contributed by atoms with Gasteiger partial charge in [-0.2, -0.15) is 0 Å². The fourth-order valence-electron chi connectivity index (χ4n) is 2.55. The molecule has 0 aliphatic heterocycles. The molecule has 24 heavy (non-hydrogen) atoms. The maximum Gasteiger partial charge on any atom is 0.135 e. The van der Waals surface area contributed by atoms with Crippen LogP contribution in [-0.2, 0) is 0 Å². The number of halogens is 3. The largest absolute Gasteiger partial charge is 0.497 e. The van der Waals surface area contributed by atoms with Crippen LogP contribution in [0.25, 0.3) is 10.8 Å². The number of pyridine rings is 1. The molecule has 0 saturated carbocycles. The summed E-state index contributed by atoms with van der Waals surface area (Å²) in [6.45, 7) is 1.95. The van der Waals surface area contributed by atoms with Gasteiger partial charge in [0.05, 0.1) is 7.11 Å². The van der Waals surface area contributed by atoms with Gasteiger partial charge in [0, 0.05) is 33.6 Å². The molecule has 1 heterocycles. The summed E-state index contributed by atoms with van der Waals surface area (Å²) in [7, 11) is 1.61. The molecule has 1 aromatic heterocycles. The molecule has 0 bridgehead atoms. The molecule has 3 aromatic rings. The van der Waals surface area contributed by atoms with Crippen molar-refractivity contribution in [1.29, 1.82) is 0 Å². The Hall–Kier alpha value is -2.21. The molecule has 0 aliphatic rings. The molecule has 0 spiro atoms. The first kappa shape index (κ1) is 16.6. The average molecular weight is 393 g/mol. The molecule has 1 N–H and O–H groups in total. The van der Waals surface area contributed by atoms with E-state index in [1.807, 2.05) is 31.2 Å². The van der Waals surface area contributed by atoms with Crippen LogP contribution in [-0.4, -0.2) is 12.1 Å². The molecule has 6 heteroatoms. The predicted octanol–water partition coefficient (Wildman–Crippen LogP) is 5.46. The number of anilines is 1. The minimum absolute atomic E-state index is 0.0980. The van der Waals surface area contributed by atoms with Gasteiger partial charge in [-0.15, -0.1) is 0 Å². The Bertz CT molecular complexity index is 884. The summed E-state index contributed by atoms with van der Waals surface area (Å²) in [5, 5.41) is 3.91. The van der Waals surface area contributed by atoms with E-state index in [2.05, 4.69) is 26.2 Å². The second-order valence-electron chi connectivity index (χ2n) is 5.40. The minimum atomic E-state index is -0.639. The maximum absolute atomic E-state index is 14.1. The third kappa shape index (κ3) is 3.19. The molecule has 0 amide bonds.